The van der Waals surface area contributed by atoms with Crippen molar-refractivity contribution >= 4 is 23.4 Å². The molecule has 1 aliphatic rings. The molecule has 2 aromatic carbocycles. The molecule has 0 bridgehead atoms. The molecule has 9 nitrogen and oxygen atoms in total. The highest BCUT2D eigenvalue weighted by Crippen LogP contribution is 2.33. The number of nitrogens with one attached hydrogen (secondary N) is 1. The van der Waals surface area contributed by atoms with E-state index in [4.69, 9.17) is 0 Å². The highest BCUT2D eigenvalue weighted by molar-refractivity contribution is 7.99. The van der Waals surface area contributed by atoms with Gasteiger partial charge in [-0.05, 0) is 59.1 Å². The van der Waals surface area contributed by atoms with Crippen LogP contribution in [0.4, 0.5) is 5.69 Å². The molecule has 4 rings (SSSR count). The van der Waals surface area contributed by atoms with Crippen molar-refractivity contribution in [1.82, 2.24) is 25.5 Å². The molecular weight excluding hydrogens is 416 g/mol. The van der Waals surface area contributed by atoms with Crippen LogP contribution in [-0.4, -0.2) is 37.1 Å². The first-order valence-corrected chi connectivity index (χ1v) is 11.0. The fraction of sp³-hybridized carbons (Fsp3) is 0.333. The van der Waals surface area contributed by atoms with Crippen LogP contribution in [0.3, 0.4) is 0 Å². The smallest absolute Gasteiger partial charge is 0.270 e. The molecule has 10 heteroatoms. The molecule has 1 fully saturated rings. The molecular formula is C21H22N6O3S. The van der Waals surface area contributed by atoms with Gasteiger partial charge in [0.25, 0.3) is 11.6 Å². The van der Waals surface area contributed by atoms with Crippen molar-refractivity contribution in [3.8, 4) is 5.69 Å². The normalized spacial score (nSPS) is 18.5. The second-order valence-corrected chi connectivity index (χ2v) is 8.60. The van der Waals surface area contributed by atoms with Crippen LogP contribution in [-0.2, 0) is 0 Å². The van der Waals surface area contributed by atoms with Gasteiger partial charge in [-0.2, -0.15) is 4.68 Å². The van der Waals surface area contributed by atoms with Crippen LogP contribution >= 0.6 is 11.8 Å². The average Bonchev–Trinajstić information content (AvgIpc) is 3.24. The molecule has 1 aliphatic carbocycles. The van der Waals surface area contributed by atoms with E-state index in [-0.39, 0.29) is 23.2 Å². The monoisotopic (exact) mass is 438 g/mol. The van der Waals surface area contributed by atoms with Crippen LogP contribution in [0.2, 0.25) is 0 Å². The van der Waals surface area contributed by atoms with Crippen LogP contribution < -0.4 is 5.32 Å². The fourth-order valence-corrected chi connectivity index (χ4v) is 4.65. The summed E-state index contributed by atoms with van der Waals surface area (Å²) in [6.07, 6.45) is 4.20. The van der Waals surface area contributed by atoms with Gasteiger partial charge in [0, 0.05) is 23.1 Å². The summed E-state index contributed by atoms with van der Waals surface area (Å²) in [5, 5.41) is 26.7. The molecule has 1 saturated carbocycles. The summed E-state index contributed by atoms with van der Waals surface area (Å²) < 4.78 is 1.57. The number of nitro benzene ring substituents is 1. The van der Waals surface area contributed by atoms with Crippen molar-refractivity contribution in [2.75, 3.05) is 0 Å². The third-order valence-corrected chi connectivity index (χ3v) is 6.50. The maximum absolute atomic E-state index is 13.1. The maximum atomic E-state index is 13.1. The number of rotatable bonds is 6. The zero-order valence-electron chi connectivity index (χ0n) is 17.0. The summed E-state index contributed by atoms with van der Waals surface area (Å²) in [6.45, 7) is 2.13. The Morgan fingerprint density at radius 1 is 1.19 bits per heavy atom. The number of carbonyl (C=O) groups excluding carboxylic acids is 1. The van der Waals surface area contributed by atoms with Crippen molar-refractivity contribution in [3.05, 3.63) is 64.2 Å². The lowest BCUT2D eigenvalue weighted by Crippen LogP contribution is -2.41. The second-order valence-electron chi connectivity index (χ2n) is 7.59. The Balaban J connectivity index is 1.65. The largest absolute Gasteiger partial charge is 0.349 e. The summed E-state index contributed by atoms with van der Waals surface area (Å²) in [4.78, 5) is 24.5. The van der Waals surface area contributed by atoms with Gasteiger partial charge in [-0.3, -0.25) is 14.9 Å². The van der Waals surface area contributed by atoms with E-state index in [9.17, 15) is 14.9 Å². The lowest BCUT2D eigenvalue weighted by molar-refractivity contribution is -0.384. The number of amides is 1. The third-order valence-electron chi connectivity index (χ3n) is 5.49. The molecule has 160 valence electrons. The number of nitrogens with zero attached hydrogens (tertiary/aromatic N) is 5. The van der Waals surface area contributed by atoms with Crippen LogP contribution in [0, 0.1) is 16.0 Å². The maximum Gasteiger partial charge on any atom is 0.270 e. The Kier molecular flexibility index (Phi) is 6.26. The summed E-state index contributed by atoms with van der Waals surface area (Å²) in [6, 6.07) is 13.7. The summed E-state index contributed by atoms with van der Waals surface area (Å²) >= 11 is 1.20. The highest BCUT2D eigenvalue weighted by Gasteiger charge is 2.26. The third kappa shape index (κ3) is 4.74. The van der Waals surface area contributed by atoms with Crippen molar-refractivity contribution in [1.29, 1.82) is 0 Å². The number of tetrazole rings is 1. The van der Waals surface area contributed by atoms with Gasteiger partial charge in [-0.15, -0.1) is 5.10 Å². The summed E-state index contributed by atoms with van der Waals surface area (Å²) in [5.41, 5.74) is 0.896. The van der Waals surface area contributed by atoms with Crippen LogP contribution in [0.1, 0.15) is 43.0 Å². The van der Waals surface area contributed by atoms with Gasteiger partial charge in [0.1, 0.15) is 0 Å². The highest BCUT2D eigenvalue weighted by atomic mass is 32.2. The Morgan fingerprint density at radius 3 is 2.71 bits per heavy atom. The fourth-order valence-electron chi connectivity index (χ4n) is 3.75. The number of hydrogen-bond donors (Lipinski definition) is 1. The molecule has 3 aromatic rings. The van der Waals surface area contributed by atoms with E-state index in [1.807, 2.05) is 30.3 Å². The number of benzene rings is 2. The van der Waals surface area contributed by atoms with Crippen molar-refractivity contribution in [3.63, 3.8) is 0 Å². The second kappa shape index (κ2) is 9.25. The lowest BCUT2D eigenvalue weighted by Gasteiger charge is -2.29. The zero-order chi connectivity index (χ0) is 21.8. The molecule has 0 saturated heterocycles. The average molecular weight is 439 g/mol. The standard InChI is InChI=1S/C21H22N6O3S/c1-14-7-5-6-10-18(14)22-20(28)17-13-16(27(29)30)11-12-19(17)31-21-23-24-25-26(21)15-8-3-2-4-9-15/h2-4,8-9,11-14,18H,5-7,10H2,1H3,(H,22,28). The number of nitro groups is 1. The molecule has 0 spiro atoms. The minimum absolute atomic E-state index is 0.0630. The van der Waals surface area contributed by atoms with Crippen LogP contribution in [0.15, 0.2) is 58.6 Å². The molecule has 2 atom stereocenters. The Morgan fingerprint density at radius 2 is 1.97 bits per heavy atom. The Bertz CT molecular complexity index is 1090. The molecule has 0 aliphatic heterocycles. The number of carbonyl (C=O) groups is 1. The van der Waals surface area contributed by atoms with E-state index in [0.717, 1.165) is 31.4 Å². The number of aromatic nitrogens is 4. The predicted octanol–water partition coefficient (Wildman–Crippen LogP) is 4.03. The zero-order valence-corrected chi connectivity index (χ0v) is 17.8. The summed E-state index contributed by atoms with van der Waals surface area (Å²) in [5.74, 6) is 0.0570. The van der Waals surface area contributed by atoms with Gasteiger partial charge in [0.05, 0.1) is 16.2 Å². The van der Waals surface area contributed by atoms with Crippen LogP contribution in [0.5, 0.6) is 0 Å². The Labute approximate surface area is 183 Å². The molecule has 2 unspecified atom stereocenters. The number of hydrogen-bond acceptors (Lipinski definition) is 7. The quantitative estimate of drug-likeness (QED) is 0.456. The predicted molar refractivity (Wildman–Crippen MR) is 115 cm³/mol. The first kappa shape index (κ1) is 21.0. The van der Waals surface area contributed by atoms with Gasteiger partial charge in [0.2, 0.25) is 5.16 Å². The SMILES string of the molecule is CC1CCCCC1NC(=O)c1cc([N+](=O)[O-])ccc1Sc1nnnn1-c1ccccc1. The van der Waals surface area contributed by atoms with Gasteiger partial charge in [0.15, 0.2) is 0 Å². The number of para-hydroxylation sites is 1. The van der Waals surface area contributed by atoms with E-state index >= 15 is 0 Å². The minimum Gasteiger partial charge on any atom is -0.349 e. The van der Waals surface area contributed by atoms with Crippen molar-refractivity contribution in [2.45, 2.75) is 48.7 Å². The Hall–Kier alpha value is -3.27. The molecule has 1 N–H and O–H groups in total. The van der Waals surface area contributed by atoms with Gasteiger partial charge >= 0.3 is 0 Å². The van der Waals surface area contributed by atoms with Gasteiger partial charge in [-0.25, -0.2) is 0 Å². The van der Waals surface area contributed by atoms with E-state index < -0.39 is 4.92 Å². The molecule has 1 aromatic heterocycles. The first-order valence-electron chi connectivity index (χ1n) is 10.1. The van der Waals surface area contributed by atoms with Gasteiger partial charge in [-0.1, -0.05) is 38.0 Å². The lowest BCUT2D eigenvalue weighted by atomic mass is 9.86. The van der Waals surface area contributed by atoms with Crippen molar-refractivity contribution in [2.24, 2.45) is 5.92 Å². The summed E-state index contributed by atoms with van der Waals surface area (Å²) in [7, 11) is 0. The first-order chi connectivity index (χ1) is 15.0. The topological polar surface area (TPSA) is 116 Å². The van der Waals surface area contributed by atoms with E-state index in [2.05, 4.69) is 27.8 Å². The van der Waals surface area contributed by atoms with Crippen molar-refractivity contribution < 1.29 is 9.72 Å². The molecule has 1 heterocycles. The van der Waals surface area contributed by atoms with Gasteiger partial charge < -0.3 is 5.32 Å². The van der Waals surface area contributed by atoms with E-state index in [0.29, 0.717) is 16.0 Å². The molecule has 0 radical (unpaired) electrons. The van der Waals surface area contributed by atoms with Crippen LogP contribution in [0.25, 0.3) is 5.69 Å². The van der Waals surface area contributed by atoms with E-state index in [1.165, 1.54) is 23.9 Å². The molecule has 1 amide bonds. The van der Waals surface area contributed by atoms with E-state index in [1.54, 1.807) is 10.7 Å². The molecule has 31 heavy (non-hydrogen) atoms. The minimum atomic E-state index is -0.498. The number of non-ortho nitro benzene ring substituents is 1.